The van der Waals surface area contributed by atoms with Crippen molar-refractivity contribution in [2.24, 2.45) is 5.41 Å². The SMILES string of the molecule is CC(=O)N(Cc1ccsc1)[C@H]1CC12CCN(c1ccc(C#N)cc1)CC2. The Morgan fingerprint density at radius 1 is 1.31 bits per heavy atom. The van der Waals surface area contributed by atoms with E-state index in [0.29, 0.717) is 17.0 Å². The molecule has 2 fully saturated rings. The number of carbonyl (C=O) groups is 1. The molecular weight excluding hydrogens is 342 g/mol. The van der Waals surface area contributed by atoms with Crippen LogP contribution in [0.2, 0.25) is 0 Å². The molecule has 1 aromatic carbocycles. The van der Waals surface area contributed by atoms with Crippen LogP contribution in [0.25, 0.3) is 0 Å². The molecule has 2 aromatic rings. The Labute approximate surface area is 158 Å². The van der Waals surface area contributed by atoms with Crippen LogP contribution in [-0.4, -0.2) is 29.9 Å². The van der Waals surface area contributed by atoms with Gasteiger partial charge in [-0.3, -0.25) is 4.79 Å². The average Bonchev–Trinajstić information content (AvgIpc) is 3.09. The molecule has 1 aliphatic heterocycles. The Morgan fingerprint density at radius 2 is 2.04 bits per heavy atom. The van der Waals surface area contributed by atoms with E-state index in [0.717, 1.165) is 38.9 Å². The number of anilines is 1. The quantitative estimate of drug-likeness (QED) is 0.822. The lowest BCUT2D eigenvalue weighted by atomic mass is 9.91. The van der Waals surface area contributed by atoms with Gasteiger partial charge in [0, 0.05) is 38.3 Å². The van der Waals surface area contributed by atoms with Gasteiger partial charge in [-0.2, -0.15) is 16.6 Å². The minimum atomic E-state index is 0.188. The van der Waals surface area contributed by atoms with Gasteiger partial charge in [-0.25, -0.2) is 0 Å². The molecule has 0 N–H and O–H groups in total. The number of rotatable bonds is 4. The van der Waals surface area contributed by atoms with Crippen molar-refractivity contribution in [3.05, 3.63) is 52.2 Å². The maximum atomic E-state index is 12.2. The number of nitriles is 1. The molecule has 0 bridgehead atoms. The van der Waals surface area contributed by atoms with Gasteiger partial charge >= 0.3 is 0 Å². The number of thiophene rings is 1. The number of piperidine rings is 1. The maximum Gasteiger partial charge on any atom is 0.220 e. The van der Waals surface area contributed by atoms with Crippen molar-refractivity contribution in [2.45, 2.75) is 38.8 Å². The van der Waals surface area contributed by atoms with Gasteiger partial charge in [0.25, 0.3) is 0 Å². The van der Waals surface area contributed by atoms with E-state index < -0.39 is 0 Å². The predicted octanol–water partition coefficient (Wildman–Crippen LogP) is 4.03. The third kappa shape index (κ3) is 3.22. The fourth-order valence-electron chi connectivity index (χ4n) is 4.28. The number of carbonyl (C=O) groups excluding carboxylic acids is 1. The second-order valence-electron chi connectivity index (χ2n) is 7.51. The van der Waals surface area contributed by atoms with Gasteiger partial charge in [0.1, 0.15) is 0 Å². The third-order valence-electron chi connectivity index (χ3n) is 5.98. The molecule has 1 amide bonds. The van der Waals surface area contributed by atoms with Gasteiger partial charge in [0.2, 0.25) is 5.91 Å². The van der Waals surface area contributed by atoms with E-state index in [1.54, 1.807) is 18.3 Å². The van der Waals surface area contributed by atoms with Crippen molar-refractivity contribution < 1.29 is 4.79 Å². The minimum absolute atomic E-state index is 0.188. The summed E-state index contributed by atoms with van der Waals surface area (Å²) in [5.74, 6) is 0.188. The fraction of sp³-hybridized carbons (Fsp3) is 0.429. The first-order valence-electron chi connectivity index (χ1n) is 9.15. The second-order valence-corrected chi connectivity index (χ2v) is 8.29. The number of benzene rings is 1. The lowest BCUT2D eigenvalue weighted by molar-refractivity contribution is -0.130. The van der Waals surface area contributed by atoms with E-state index in [1.165, 1.54) is 11.3 Å². The summed E-state index contributed by atoms with van der Waals surface area (Å²) in [6.07, 6.45) is 3.40. The molecule has 134 valence electrons. The Hall–Kier alpha value is -2.32. The molecular formula is C21H23N3OS. The van der Waals surface area contributed by atoms with Gasteiger partial charge in [-0.15, -0.1) is 0 Å². The van der Waals surface area contributed by atoms with E-state index in [2.05, 4.69) is 32.7 Å². The summed E-state index contributed by atoms with van der Waals surface area (Å²) in [5, 5.41) is 13.2. The summed E-state index contributed by atoms with van der Waals surface area (Å²) >= 11 is 1.69. The summed E-state index contributed by atoms with van der Waals surface area (Å²) in [6, 6.07) is 12.5. The molecule has 5 heteroatoms. The van der Waals surface area contributed by atoms with Crippen molar-refractivity contribution in [3.63, 3.8) is 0 Å². The van der Waals surface area contributed by atoms with Gasteiger partial charge in [0.15, 0.2) is 0 Å². The van der Waals surface area contributed by atoms with Crippen molar-refractivity contribution in [1.29, 1.82) is 5.26 Å². The van der Waals surface area contributed by atoms with Gasteiger partial charge < -0.3 is 9.80 Å². The third-order valence-corrected chi connectivity index (χ3v) is 6.71. The number of hydrogen-bond donors (Lipinski definition) is 0. The molecule has 0 radical (unpaired) electrons. The van der Waals surface area contributed by atoms with Gasteiger partial charge in [-0.1, -0.05) is 0 Å². The van der Waals surface area contributed by atoms with E-state index in [9.17, 15) is 4.79 Å². The van der Waals surface area contributed by atoms with Crippen molar-refractivity contribution in [3.8, 4) is 6.07 Å². The van der Waals surface area contributed by atoms with Crippen LogP contribution >= 0.6 is 11.3 Å². The largest absolute Gasteiger partial charge is 0.371 e. The first-order valence-corrected chi connectivity index (χ1v) is 10.1. The summed E-state index contributed by atoms with van der Waals surface area (Å²) in [7, 11) is 0. The van der Waals surface area contributed by atoms with Crippen LogP contribution < -0.4 is 4.90 Å². The highest BCUT2D eigenvalue weighted by Gasteiger charge is 2.58. The molecule has 1 spiro atoms. The zero-order valence-corrected chi connectivity index (χ0v) is 15.8. The molecule has 1 saturated carbocycles. The molecule has 1 aliphatic carbocycles. The topological polar surface area (TPSA) is 47.3 Å². The molecule has 1 atom stereocenters. The summed E-state index contributed by atoms with van der Waals surface area (Å²) in [6.45, 7) is 4.48. The normalized spacial score (nSPS) is 20.6. The van der Waals surface area contributed by atoms with Crippen LogP contribution in [0.15, 0.2) is 41.1 Å². The molecule has 2 aliphatic rings. The molecule has 2 heterocycles. The number of nitrogens with zero attached hydrogens (tertiary/aromatic N) is 3. The highest BCUT2D eigenvalue weighted by atomic mass is 32.1. The summed E-state index contributed by atoms with van der Waals surface area (Å²) < 4.78 is 0. The first-order chi connectivity index (χ1) is 12.6. The molecule has 1 aromatic heterocycles. The number of amides is 1. The van der Waals surface area contributed by atoms with Crippen LogP contribution in [-0.2, 0) is 11.3 Å². The monoisotopic (exact) mass is 365 g/mol. The van der Waals surface area contributed by atoms with Crippen LogP contribution in [0.1, 0.15) is 37.3 Å². The van der Waals surface area contributed by atoms with E-state index in [-0.39, 0.29) is 5.91 Å². The molecule has 26 heavy (non-hydrogen) atoms. The smallest absolute Gasteiger partial charge is 0.220 e. The standard InChI is InChI=1S/C21H23N3OS/c1-16(25)24(14-18-6-11-26-15-18)20-12-21(20)7-9-23(10-8-21)19-4-2-17(13-22)3-5-19/h2-6,11,15,20H,7-10,12,14H2,1H3/t20-/m0/s1. The Balaban J connectivity index is 1.39. The fourth-order valence-corrected chi connectivity index (χ4v) is 4.94. The summed E-state index contributed by atoms with van der Waals surface area (Å²) in [4.78, 5) is 16.7. The molecule has 4 rings (SSSR count). The lowest BCUT2D eigenvalue weighted by Crippen LogP contribution is -2.40. The number of hydrogen-bond acceptors (Lipinski definition) is 4. The minimum Gasteiger partial charge on any atom is -0.371 e. The molecule has 4 nitrogen and oxygen atoms in total. The highest BCUT2D eigenvalue weighted by molar-refractivity contribution is 7.07. The van der Waals surface area contributed by atoms with Crippen LogP contribution in [0, 0.1) is 16.7 Å². The molecule has 0 unspecified atom stereocenters. The van der Waals surface area contributed by atoms with Gasteiger partial charge in [-0.05, 0) is 71.3 Å². The van der Waals surface area contributed by atoms with Gasteiger partial charge in [0.05, 0.1) is 11.6 Å². The Morgan fingerprint density at radius 3 is 2.62 bits per heavy atom. The maximum absolute atomic E-state index is 12.2. The van der Waals surface area contributed by atoms with E-state index in [1.807, 2.05) is 24.3 Å². The first kappa shape index (κ1) is 17.1. The predicted molar refractivity (Wildman–Crippen MR) is 104 cm³/mol. The van der Waals surface area contributed by atoms with Crippen molar-refractivity contribution >= 4 is 22.9 Å². The second kappa shape index (κ2) is 6.77. The van der Waals surface area contributed by atoms with Crippen LogP contribution in [0.5, 0.6) is 0 Å². The Kier molecular flexibility index (Phi) is 4.46. The average molecular weight is 366 g/mol. The Bertz CT molecular complexity index is 814. The zero-order chi connectivity index (χ0) is 18.1. The van der Waals surface area contributed by atoms with E-state index >= 15 is 0 Å². The highest BCUT2D eigenvalue weighted by Crippen LogP contribution is 2.57. The summed E-state index contributed by atoms with van der Waals surface area (Å²) in [5.41, 5.74) is 3.44. The van der Waals surface area contributed by atoms with Crippen LogP contribution in [0.4, 0.5) is 5.69 Å². The van der Waals surface area contributed by atoms with E-state index in [4.69, 9.17) is 5.26 Å². The molecule has 1 saturated heterocycles. The van der Waals surface area contributed by atoms with Crippen molar-refractivity contribution in [1.82, 2.24) is 4.90 Å². The van der Waals surface area contributed by atoms with Crippen molar-refractivity contribution in [2.75, 3.05) is 18.0 Å². The van der Waals surface area contributed by atoms with Crippen LogP contribution in [0.3, 0.4) is 0 Å². The zero-order valence-electron chi connectivity index (χ0n) is 15.0. The lowest BCUT2D eigenvalue weighted by Gasteiger charge is -2.36.